The monoisotopic (exact) mass is 537 g/mol. The molecule has 1 aliphatic rings. The molecule has 0 bridgehead atoms. The van der Waals surface area contributed by atoms with Gasteiger partial charge >= 0.3 is 12.4 Å². The lowest BCUT2D eigenvalue weighted by atomic mass is 9.95. The summed E-state index contributed by atoms with van der Waals surface area (Å²) in [6.45, 7) is 2.44. The van der Waals surface area contributed by atoms with Crippen LogP contribution in [-0.4, -0.2) is 36.0 Å². The van der Waals surface area contributed by atoms with Crippen LogP contribution >= 0.6 is 0 Å². The predicted octanol–water partition coefficient (Wildman–Crippen LogP) is 7.13. The van der Waals surface area contributed by atoms with Gasteiger partial charge in [-0.1, -0.05) is 30.3 Å². The van der Waals surface area contributed by atoms with Crippen LogP contribution in [0, 0.1) is 10.1 Å². The fraction of sp³-hybridized carbons (Fsp3) is 0.333. The van der Waals surface area contributed by atoms with Crippen LogP contribution in [0.5, 0.6) is 0 Å². The van der Waals surface area contributed by atoms with E-state index < -0.39 is 28.4 Å². The Morgan fingerprint density at radius 1 is 0.789 bits per heavy atom. The third-order valence-corrected chi connectivity index (χ3v) is 6.72. The highest BCUT2D eigenvalue weighted by Gasteiger charge is 2.37. The minimum atomic E-state index is -4.89. The molecule has 0 N–H and O–H groups in total. The third-order valence-electron chi connectivity index (χ3n) is 6.72. The van der Waals surface area contributed by atoms with Crippen molar-refractivity contribution in [3.63, 3.8) is 0 Å². The highest BCUT2D eigenvalue weighted by atomic mass is 19.4. The molecule has 0 saturated carbocycles. The summed E-state index contributed by atoms with van der Waals surface area (Å²) in [4.78, 5) is 14.7. The smallest absolute Gasteiger partial charge is 0.369 e. The first kappa shape index (κ1) is 27.4. The largest absolute Gasteiger partial charge is 0.416 e. The molecule has 38 heavy (non-hydrogen) atoms. The highest BCUT2D eigenvalue weighted by Crippen LogP contribution is 2.37. The van der Waals surface area contributed by atoms with Gasteiger partial charge in [0.25, 0.3) is 5.69 Å². The van der Waals surface area contributed by atoms with Crippen LogP contribution in [0.25, 0.3) is 0 Å². The fourth-order valence-corrected chi connectivity index (χ4v) is 4.78. The second-order valence-electron chi connectivity index (χ2n) is 9.18. The molecule has 5 nitrogen and oxygen atoms in total. The fourth-order valence-electron chi connectivity index (χ4n) is 4.78. The van der Waals surface area contributed by atoms with Crippen LogP contribution in [0.3, 0.4) is 0 Å². The normalized spacial score (nSPS) is 15.9. The number of hydrogen-bond acceptors (Lipinski definition) is 4. The van der Waals surface area contributed by atoms with Gasteiger partial charge in [-0.15, -0.1) is 0 Å². The Morgan fingerprint density at radius 3 is 1.84 bits per heavy atom. The standard InChI is InChI=1S/C27H25F6N3O2/c28-26(29,30)21-16-19(17-22(18-21)27(31,32)33)6-11-25(20-4-2-1-3-5-20)35-14-12-34(13-15-35)23-7-9-24(10-8-23)36(37)38/h1-5,7-10,16-18,25H,6,11-15H2. The number of nitrogens with zero attached hydrogens (tertiary/aromatic N) is 3. The summed E-state index contributed by atoms with van der Waals surface area (Å²) >= 11 is 0. The van der Waals surface area contributed by atoms with Crippen molar-refractivity contribution in [3.05, 3.63) is 105 Å². The lowest BCUT2D eigenvalue weighted by Gasteiger charge is -2.40. The molecule has 3 aromatic carbocycles. The highest BCUT2D eigenvalue weighted by molar-refractivity contribution is 5.51. The third kappa shape index (κ3) is 6.63. The number of nitro groups is 1. The topological polar surface area (TPSA) is 49.6 Å². The Hall–Kier alpha value is -3.60. The van der Waals surface area contributed by atoms with Gasteiger partial charge in [-0.2, -0.15) is 26.3 Å². The Kier molecular flexibility index (Phi) is 7.96. The van der Waals surface area contributed by atoms with Crippen molar-refractivity contribution in [1.29, 1.82) is 0 Å². The zero-order valence-corrected chi connectivity index (χ0v) is 20.2. The number of anilines is 1. The van der Waals surface area contributed by atoms with E-state index in [4.69, 9.17) is 0 Å². The molecule has 1 aliphatic heterocycles. The van der Waals surface area contributed by atoms with Crippen molar-refractivity contribution >= 4 is 11.4 Å². The molecular formula is C27H25F6N3O2. The van der Waals surface area contributed by atoms with Crippen molar-refractivity contribution in [3.8, 4) is 0 Å². The van der Waals surface area contributed by atoms with Crippen LogP contribution in [0.4, 0.5) is 37.7 Å². The number of non-ortho nitro benzene ring substituents is 1. The second kappa shape index (κ2) is 11.0. The average molecular weight is 538 g/mol. The number of piperazine rings is 1. The minimum absolute atomic E-state index is 0.000185. The van der Waals surface area contributed by atoms with E-state index in [0.29, 0.717) is 32.6 Å². The van der Waals surface area contributed by atoms with Gasteiger partial charge in [-0.25, -0.2) is 0 Å². The number of alkyl halides is 6. The van der Waals surface area contributed by atoms with E-state index in [-0.39, 0.29) is 29.8 Å². The zero-order valence-electron chi connectivity index (χ0n) is 20.2. The molecule has 1 unspecified atom stereocenters. The average Bonchev–Trinajstić information content (AvgIpc) is 2.89. The van der Waals surface area contributed by atoms with E-state index in [2.05, 4.69) is 9.80 Å². The summed E-state index contributed by atoms with van der Waals surface area (Å²) in [7, 11) is 0. The Labute approximate surface area is 215 Å². The summed E-state index contributed by atoms with van der Waals surface area (Å²) in [5.74, 6) is 0. The van der Waals surface area contributed by atoms with Gasteiger partial charge in [0.2, 0.25) is 0 Å². The van der Waals surface area contributed by atoms with Gasteiger partial charge < -0.3 is 4.90 Å². The molecule has 1 fully saturated rings. The van der Waals surface area contributed by atoms with E-state index in [1.165, 1.54) is 12.1 Å². The molecule has 0 amide bonds. The van der Waals surface area contributed by atoms with Crippen LogP contribution in [0.15, 0.2) is 72.8 Å². The van der Waals surface area contributed by atoms with E-state index >= 15 is 0 Å². The van der Waals surface area contributed by atoms with Crippen LogP contribution < -0.4 is 4.90 Å². The Balaban J connectivity index is 1.51. The van der Waals surface area contributed by atoms with Crippen molar-refractivity contribution in [2.24, 2.45) is 0 Å². The molecule has 1 saturated heterocycles. The maximum absolute atomic E-state index is 13.3. The molecule has 1 atom stereocenters. The summed E-state index contributed by atoms with van der Waals surface area (Å²) < 4.78 is 79.9. The van der Waals surface area contributed by atoms with Gasteiger partial charge in [-0.05, 0) is 54.3 Å². The molecular weight excluding hydrogens is 512 g/mol. The number of hydrogen-bond donors (Lipinski definition) is 0. The van der Waals surface area contributed by atoms with Crippen molar-refractivity contribution in [2.45, 2.75) is 31.2 Å². The van der Waals surface area contributed by atoms with E-state index in [1.54, 1.807) is 12.1 Å². The maximum Gasteiger partial charge on any atom is 0.416 e. The summed E-state index contributed by atoms with van der Waals surface area (Å²) in [6, 6.07) is 17.1. The van der Waals surface area contributed by atoms with E-state index in [0.717, 1.165) is 23.4 Å². The molecule has 4 rings (SSSR count). The van der Waals surface area contributed by atoms with Gasteiger partial charge in [-0.3, -0.25) is 15.0 Å². The lowest BCUT2D eigenvalue weighted by Crippen LogP contribution is -2.47. The van der Waals surface area contributed by atoms with Crippen LogP contribution in [-0.2, 0) is 18.8 Å². The number of rotatable bonds is 7. The number of aryl methyl sites for hydroxylation is 1. The summed E-state index contributed by atoms with van der Waals surface area (Å²) in [6.07, 6.45) is -9.40. The number of halogens is 6. The summed E-state index contributed by atoms with van der Waals surface area (Å²) in [5.41, 5.74) is -0.863. The quantitative estimate of drug-likeness (QED) is 0.183. The maximum atomic E-state index is 13.3. The molecule has 11 heteroatoms. The molecule has 0 radical (unpaired) electrons. The Bertz CT molecular complexity index is 1210. The molecule has 202 valence electrons. The SMILES string of the molecule is O=[N+]([O-])c1ccc(N2CCN(C(CCc3cc(C(F)(F)F)cc(C(F)(F)F)c3)c3ccccc3)CC2)cc1. The van der Waals surface area contributed by atoms with Gasteiger partial charge in [0.15, 0.2) is 0 Å². The predicted molar refractivity (Wildman–Crippen MR) is 131 cm³/mol. The van der Waals surface area contributed by atoms with Crippen molar-refractivity contribution in [1.82, 2.24) is 4.90 Å². The van der Waals surface area contributed by atoms with Gasteiger partial charge in [0.05, 0.1) is 16.1 Å². The number of nitro benzene ring substituents is 1. The minimum Gasteiger partial charge on any atom is -0.369 e. The van der Waals surface area contributed by atoms with Gasteiger partial charge in [0.1, 0.15) is 0 Å². The van der Waals surface area contributed by atoms with Crippen molar-refractivity contribution < 1.29 is 31.3 Å². The number of benzene rings is 3. The first-order valence-electron chi connectivity index (χ1n) is 12.0. The first-order chi connectivity index (χ1) is 17.9. The first-order valence-corrected chi connectivity index (χ1v) is 12.0. The van der Waals surface area contributed by atoms with Crippen LogP contribution in [0.2, 0.25) is 0 Å². The molecule has 3 aromatic rings. The second-order valence-corrected chi connectivity index (χ2v) is 9.18. The molecule has 1 heterocycles. The molecule has 0 aromatic heterocycles. The Morgan fingerprint density at radius 2 is 1.34 bits per heavy atom. The van der Waals surface area contributed by atoms with E-state index in [9.17, 15) is 36.5 Å². The summed E-state index contributed by atoms with van der Waals surface area (Å²) in [5, 5.41) is 10.9. The van der Waals surface area contributed by atoms with Crippen LogP contribution in [0.1, 0.15) is 34.7 Å². The van der Waals surface area contributed by atoms with Crippen molar-refractivity contribution in [2.75, 3.05) is 31.1 Å². The lowest BCUT2D eigenvalue weighted by molar-refractivity contribution is -0.384. The van der Waals surface area contributed by atoms with E-state index in [1.807, 2.05) is 30.3 Å². The zero-order chi connectivity index (χ0) is 27.5. The molecule has 0 spiro atoms. The molecule has 0 aliphatic carbocycles. The van der Waals surface area contributed by atoms with Gasteiger partial charge in [0, 0.05) is 50.0 Å².